The summed E-state index contributed by atoms with van der Waals surface area (Å²) in [6.45, 7) is 0. The first-order valence-electron chi connectivity index (χ1n) is 6.68. The number of amides is 1. The van der Waals surface area contributed by atoms with Gasteiger partial charge in [-0.3, -0.25) is 4.79 Å². The van der Waals surface area contributed by atoms with Gasteiger partial charge in [-0.15, -0.1) is 0 Å². The Morgan fingerprint density at radius 1 is 1.08 bits per heavy atom. The molecule has 0 aliphatic rings. The normalized spacial score (nSPS) is 11.0. The number of nitrogens with two attached hydrogens (primary N) is 1. The largest absolute Gasteiger partial charge is 0.465 e. The van der Waals surface area contributed by atoms with E-state index in [0.29, 0.717) is 0 Å². The van der Waals surface area contributed by atoms with Gasteiger partial charge in [0, 0.05) is 16.9 Å². The van der Waals surface area contributed by atoms with Crippen molar-refractivity contribution in [3.05, 3.63) is 59.2 Å². The van der Waals surface area contributed by atoms with Gasteiger partial charge in [0.25, 0.3) is 5.91 Å². The van der Waals surface area contributed by atoms with Gasteiger partial charge >= 0.3 is 12.1 Å². The SMILES string of the molecule is COC(=O)c1cc(N)cc(C(=O)Nc2cccc(C(F)(F)F)c2)c1. The fraction of sp³-hybridized carbons (Fsp3) is 0.125. The molecule has 126 valence electrons. The zero-order valence-corrected chi connectivity index (χ0v) is 12.5. The van der Waals surface area contributed by atoms with Crippen molar-refractivity contribution in [1.29, 1.82) is 0 Å². The fourth-order valence-corrected chi connectivity index (χ4v) is 1.99. The molecule has 2 aromatic rings. The van der Waals surface area contributed by atoms with E-state index in [4.69, 9.17) is 5.73 Å². The first kappa shape index (κ1) is 17.3. The number of benzene rings is 2. The Kier molecular flexibility index (Phi) is 4.77. The van der Waals surface area contributed by atoms with Crippen LogP contribution < -0.4 is 11.1 Å². The van der Waals surface area contributed by atoms with Crippen LogP contribution in [-0.4, -0.2) is 19.0 Å². The molecular weight excluding hydrogens is 325 g/mol. The number of hydrogen-bond donors (Lipinski definition) is 2. The lowest BCUT2D eigenvalue weighted by Crippen LogP contribution is -2.14. The van der Waals surface area contributed by atoms with E-state index in [0.717, 1.165) is 12.1 Å². The van der Waals surface area contributed by atoms with Crippen molar-refractivity contribution in [3.8, 4) is 0 Å². The van der Waals surface area contributed by atoms with Crippen LogP contribution in [-0.2, 0) is 10.9 Å². The van der Waals surface area contributed by atoms with Gasteiger partial charge in [-0.05, 0) is 36.4 Å². The predicted molar refractivity (Wildman–Crippen MR) is 81.6 cm³/mol. The summed E-state index contributed by atoms with van der Waals surface area (Å²) in [7, 11) is 1.17. The van der Waals surface area contributed by atoms with Crippen molar-refractivity contribution in [2.24, 2.45) is 0 Å². The Morgan fingerprint density at radius 3 is 2.38 bits per heavy atom. The molecule has 0 aliphatic carbocycles. The molecule has 8 heteroatoms. The molecule has 0 saturated heterocycles. The number of carbonyl (C=O) groups excluding carboxylic acids is 2. The number of ether oxygens (including phenoxy) is 1. The van der Waals surface area contributed by atoms with Crippen molar-refractivity contribution in [3.63, 3.8) is 0 Å². The third kappa shape index (κ3) is 4.03. The summed E-state index contributed by atoms with van der Waals surface area (Å²) in [4.78, 5) is 23.7. The van der Waals surface area contributed by atoms with Crippen LogP contribution in [0.25, 0.3) is 0 Å². The Morgan fingerprint density at radius 2 is 1.75 bits per heavy atom. The van der Waals surface area contributed by atoms with Crippen LogP contribution in [0.1, 0.15) is 26.3 Å². The second-order valence-electron chi connectivity index (χ2n) is 4.87. The number of nitrogen functional groups attached to an aromatic ring is 1. The maximum atomic E-state index is 12.7. The minimum Gasteiger partial charge on any atom is -0.465 e. The van der Waals surface area contributed by atoms with Crippen molar-refractivity contribution < 1.29 is 27.5 Å². The summed E-state index contributed by atoms with van der Waals surface area (Å²) in [6.07, 6.45) is -4.52. The van der Waals surface area contributed by atoms with Gasteiger partial charge in [-0.2, -0.15) is 13.2 Å². The number of hydrogen-bond acceptors (Lipinski definition) is 4. The molecule has 0 unspecified atom stereocenters. The van der Waals surface area contributed by atoms with Gasteiger partial charge in [0.05, 0.1) is 18.2 Å². The van der Waals surface area contributed by atoms with E-state index in [1.54, 1.807) is 0 Å². The number of esters is 1. The number of anilines is 2. The molecule has 2 rings (SSSR count). The summed E-state index contributed by atoms with van der Waals surface area (Å²) in [5.74, 6) is -1.39. The second kappa shape index (κ2) is 6.61. The van der Waals surface area contributed by atoms with Crippen molar-refractivity contribution in [1.82, 2.24) is 0 Å². The van der Waals surface area contributed by atoms with Gasteiger partial charge < -0.3 is 15.8 Å². The summed E-state index contributed by atoms with van der Waals surface area (Å²) in [5.41, 5.74) is 4.94. The van der Waals surface area contributed by atoms with Crippen LogP contribution in [0.2, 0.25) is 0 Å². The molecule has 24 heavy (non-hydrogen) atoms. The Balaban J connectivity index is 2.27. The molecule has 0 atom stereocenters. The summed E-state index contributed by atoms with van der Waals surface area (Å²) in [6, 6.07) is 8.07. The number of halogens is 3. The van der Waals surface area contributed by atoms with E-state index in [-0.39, 0.29) is 22.5 Å². The monoisotopic (exact) mass is 338 g/mol. The highest BCUT2D eigenvalue weighted by molar-refractivity contribution is 6.06. The number of methoxy groups -OCH3 is 1. The Labute approximate surface area is 135 Å². The zero-order valence-electron chi connectivity index (χ0n) is 12.5. The molecule has 0 spiro atoms. The molecule has 0 saturated carbocycles. The average Bonchev–Trinajstić information content (AvgIpc) is 2.53. The van der Waals surface area contributed by atoms with E-state index in [9.17, 15) is 22.8 Å². The maximum Gasteiger partial charge on any atom is 0.416 e. The molecule has 0 aromatic heterocycles. The summed E-state index contributed by atoms with van der Waals surface area (Å²) in [5, 5.41) is 2.34. The van der Waals surface area contributed by atoms with Crippen LogP contribution >= 0.6 is 0 Å². The van der Waals surface area contributed by atoms with Crippen LogP contribution in [0.5, 0.6) is 0 Å². The number of alkyl halides is 3. The quantitative estimate of drug-likeness (QED) is 0.664. The second-order valence-corrected chi connectivity index (χ2v) is 4.87. The van der Waals surface area contributed by atoms with Crippen molar-refractivity contribution in [2.45, 2.75) is 6.18 Å². The highest BCUT2D eigenvalue weighted by Gasteiger charge is 2.30. The highest BCUT2D eigenvalue weighted by atomic mass is 19.4. The Hall–Kier alpha value is -3.03. The lowest BCUT2D eigenvalue weighted by atomic mass is 10.1. The first-order chi connectivity index (χ1) is 11.2. The molecule has 0 radical (unpaired) electrons. The van der Waals surface area contributed by atoms with Crippen LogP contribution in [0.3, 0.4) is 0 Å². The summed E-state index contributed by atoms with van der Waals surface area (Å²) < 4.78 is 42.6. The van der Waals surface area contributed by atoms with Gasteiger partial charge in [-0.1, -0.05) is 6.07 Å². The first-order valence-corrected chi connectivity index (χ1v) is 6.68. The van der Waals surface area contributed by atoms with Crippen LogP contribution in [0.4, 0.5) is 24.5 Å². The third-order valence-corrected chi connectivity index (χ3v) is 3.09. The van der Waals surface area contributed by atoms with E-state index < -0.39 is 23.6 Å². The molecule has 2 aromatic carbocycles. The molecule has 3 N–H and O–H groups in total. The van der Waals surface area contributed by atoms with E-state index in [2.05, 4.69) is 10.1 Å². The number of carbonyl (C=O) groups is 2. The molecule has 0 heterocycles. The molecular formula is C16H13F3N2O3. The van der Waals surface area contributed by atoms with Gasteiger partial charge in [-0.25, -0.2) is 4.79 Å². The smallest absolute Gasteiger partial charge is 0.416 e. The molecule has 0 bridgehead atoms. The standard InChI is InChI=1S/C16H13F3N2O3/c1-24-15(23)10-5-9(6-12(20)7-10)14(22)21-13-4-2-3-11(8-13)16(17,18)19/h2-8H,20H2,1H3,(H,21,22). The highest BCUT2D eigenvalue weighted by Crippen LogP contribution is 2.30. The van der Waals surface area contributed by atoms with Gasteiger partial charge in [0.2, 0.25) is 0 Å². The minimum absolute atomic E-state index is 0.0211. The predicted octanol–water partition coefficient (Wildman–Crippen LogP) is 3.33. The third-order valence-electron chi connectivity index (χ3n) is 3.09. The molecule has 0 fully saturated rings. The topological polar surface area (TPSA) is 81.4 Å². The van der Waals surface area contributed by atoms with Gasteiger partial charge in [0.1, 0.15) is 0 Å². The maximum absolute atomic E-state index is 12.7. The van der Waals surface area contributed by atoms with E-state index in [1.165, 1.54) is 37.4 Å². The zero-order chi connectivity index (χ0) is 17.9. The van der Waals surface area contributed by atoms with E-state index in [1.807, 2.05) is 0 Å². The summed E-state index contributed by atoms with van der Waals surface area (Å²) >= 11 is 0. The van der Waals surface area contributed by atoms with Crippen LogP contribution in [0, 0.1) is 0 Å². The minimum atomic E-state index is -4.52. The molecule has 5 nitrogen and oxygen atoms in total. The molecule has 0 aliphatic heterocycles. The van der Waals surface area contributed by atoms with Gasteiger partial charge in [0.15, 0.2) is 0 Å². The average molecular weight is 338 g/mol. The van der Waals surface area contributed by atoms with Crippen LogP contribution in [0.15, 0.2) is 42.5 Å². The van der Waals surface area contributed by atoms with Crippen molar-refractivity contribution >= 4 is 23.3 Å². The Bertz CT molecular complexity index is 788. The number of rotatable bonds is 3. The number of nitrogens with one attached hydrogen (secondary N) is 1. The van der Waals surface area contributed by atoms with E-state index >= 15 is 0 Å². The lowest BCUT2D eigenvalue weighted by molar-refractivity contribution is -0.137. The fourth-order valence-electron chi connectivity index (χ4n) is 1.99. The lowest BCUT2D eigenvalue weighted by Gasteiger charge is -2.11. The molecule has 1 amide bonds. The van der Waals surface area contributed by atoms with Crippen molar-refractivity contribution in [2.75, 3.05) is 18.2 Å².